The second-order valence-corrected chi connectivity index (χ2v) is 4.91. The molecular formula is C11H14O2. The van der Waals surface area contributed by atoms with E-state index in [4.69, 9.17) is 0 Å². The van der Waals surface area contributed by atoms with Crippen LogP contribution in [-0.4, -0.2) is 11.6 Å². The zero-order chi connectivity index (χ0) is 9.00. The van der Waals surface area contributed by atoms with E-state index in [-0.39, 0.29) is 23.9 Å². The van der Waals surface area contributed by atoms with E-state index in [0.717, 1.165) is 0 Å². The van der Waals surface area contributed by atoms with Crippen LogP contribution in [0.1, 0.15) is 32.1 Å². The average molecular weight is 178 g/mol. The topological polar surface area (TPSA) is 34.1 Å². The van der Waals surface area contributed by atoms with Gasteiger partial charge in [-0.2, -0.15) is 0 Å². The molecule has 0 heterocycles. The number of Topliss-reactive ketones (excluding diaryl/α,β-unsaturated/α-hetero) is 2. The van der Waals surface area contributed by atoms with Crippen LogP contribution in [0, 0.1) is 23.7 Å². The highest BCUT2D eigenvalue weighted by Gasteiger charge is 2.52. The van der Waals surface area contributed by atoms with E-state index in [1.807, 2.05) is 0 Å². The number of carbonyl (C=O) groups is 2. The van der Waals surface area contributed by atoms with Gasteiger partial charge in [0, 0.05) is 12.3 Å². The lowest BCUT2D eigenvalue weighted by Gasteiger charge is -2.32. The van der Waals surface area contributed by atoms with Gasteiger partial charge in [0.15, 0.2) is 0 Å². The van der Waals surface area contributed by atoms with E-state index in [1.54, 1.807) is 0 Å². The lowest BCUT2D eigenvalue weighted by Crippen LogP contribution is -2.37. The van der Waals surface area contributed by atoms with Crippen LogP contribution in [0.5, 0.6) is 0 Å². The number of fused-ring (bicyclic) bond motifs is 5. The molecule has 3 rings (SSSR count). The first kappa shape index (κ1) is 7.72. The monoisotopic (exact) mass is 178 g/mol. The zero-order valence-corrected chi connectivity index (χ0v) is 7.66. The van der Waals surface area contributed by atoms with Gasteiger partial charge in [0.1, 0.15) is 11.6 Å². The Hall–Kier alpha value is -0.660. The minimum absolute atomic E-state index is 0.193. The summed E-state index contributed by atoms with van der Waals surface area (Å²) in [5.74, 6) is 2.55. The largest absolute Gasteiger partial charge is 0.299 e. The van der Waals surface area contributed by atoms with E-state index in [1.165, 1.54) is 19.3 Å². The number of hydrogen-bond acceptors (Lipinski definition) is 2. The molecule has 0 amide bonds. The minimum atomic E-state index is 0.193. The standard InChI is InChI=1S/C11H14O2/c12-8-4-9-6-1-2-7(3-6)11(9)10(13)5-8/h6-7,9,11H,1-5H2. The van der Waals surface area contributed by atoms with Crippen LogP contribution in [-0.2, 0) is 9.59 Å². The van der Waals surface area contributed by atoms with Crippen molar-refractivity contribution in [2.24, 2.45) is 23.7 Å². The van der Waals surface area contributed by atoms with Gasteiger partial charge in [-0.3, -0.25) is 9.59 Å². The molecule has 0 aromatic heterocycles. The van der Waals surface area contributed by atoms with Gasteiger partial charge in [-0.25, -0.2) is 0 Å². The van der Waals surface area contributed by atoms with E-state index in [9.17, 15) is 9.59 Å². The van der Waals surface area contributed by atoms with Crippen LogP contribution >= 0.6 is 0 Å². The molecule has 0 N–H and O–H groups in total. The molecule has 3 aliphatic rings. The molecule has 13 heavy (non-hydrogen) atoms. The van der Waals surface area contributed by atoms with Crippen LogP contribution in [0.15, 0.2) is 0 Å². The lowest BCUT2D eigenvalue weighted by atomic mass is 9.70. The molecule has 0 aromatic rings. The highest BCUT2D eigenvalue weighted by Crippen LogP contribution is 2.55. The van der Waals surface area contributed by atoms with Crippen molar-refractivity contribution in [1.29, 1.82) is 0 Å². The summed E-state index contributed by atoms with van der Waals surface area (Å²) in [5, 5.41) is 0. The molecule has 70 valence electrons. The minimum Gasteiger partial charge on any atom is -0.299 e. The van der Waals surface area contributed by atoms with Crippen LogP contribution in [0.3, 0.4) is 0 Å². The molecule has 3 saturated carbocycles. The van der Waals surface area contributed by atoms with E-state index < -0.39 is 0 Å². The third-order valence-electron chi connectivity index (χ3n) is 4.29. The van der Waals surface area contributed by atoms with Gasteiger partial charge in [-0.15, -0.1) is 0 Å². The van der Waals surface area contributed by atoms with Crippen molar-refractivity contribution in [2.45, 2.75) is 32.1 Å². The Morgan fingerprint density at radius 1 is 1.08 bits per heavy atom. The molecule has 0 radical (unpaired) electrons. The normalized spacial score (nSPS) is 48.3. The summed E-state index contributed by atoms with van der Waals surface area (Å²) >= 11 is 0. The Morgan fingerprint density at radius 3 is 2.69 bits per heavy atom. The first-order valence-electron chi connectivity index (χ1n) is 5.30. The van der Waals surface area contributed by atoms with Gasteiger partial charge < -0.3 is 0 Å². The third-order valence-corrected chi connectivity index (χ3v) is 4.29. The molecular weight excluding hydrogens is 164 g/mol. The summed E-state index contributed by atoms with van der Waals surface area (Å²) in [7, 11) is 0. The molecule has 4 atom stereocenters. The fraction of sp³-hybridized carbons (Fsp3) is 0.818. The van der Waals surface area contributed by atoms with Crippen molar-refractivity contribution < 1.29 is 9.59 Å². The number of hydrogen-bond donors (Lipinski definition) is 0. The molecule has 2 bridgehead atoms. The Bertz CT molecular complexity index is 282. The smallest absolute Gasteiger partial charge is 0.143 e. The van der Waals surface area contributed by atoms with Crippen LogP contribution in [0.4, 0.5) is 0 Å². The summed E-state index contributed by atoms with van der Waals surface area (Å²) in [5.41, 5.74) is 0. The van der Waals surface area contributed by atoms with Crippen molar-refractivity contribution >= 4 is 11.6 Å². The molecule has 0 spiro atoms. The number of rotatable bonds is 0. The predicted molar refractivity (Wildman–Crippen MR) is 47.1 cm³/mol. The number of carbonyl (C=O) groups excluding carboxylic acids is 2. The Kier molecular flexibility index (Phi) is 1.44. The molecule has 0 aliphatic heterocycles. The van der Waals surface area contributed by atoms with Crippen molar-refractivity contribution in [3.8, 4) is 0 Å². The van der Waals surface area contributed by atoms with Crippen molar-refractivity contribution in [1.82, 2.24) is 0 Å². The van der Waals surface area contributed by atoms with Gasteiger partial charge in [-0.05, 0) is 37.0 Å². The lowest BCUT2D eigenvalue weighted by molar-refractivity contribution is -0.136. The second kappa shape index (κ2) is 2.43. The van der Waals surface area contributed by atoms with Gasteiger partial charge in [-0.1, -0.05) is 0 Å². The molecule has 2 nitrogen and oxygen atoms in total. The van der Waals surface area contributed by atoms with Crippen LogP contribution < -0.4 is 0 Å². The summed E-state index contributed by atoms with van der Waals surface area (Å²) < 4.78 is 0. The summed E-state index contributed by atoms with van der Waals surface area (Å²) in [6, 6.07) is 0. The SMILES string of the molecule is O=C1CC(=O)C2C3CCC(C3)C2C1. The van der Waals surface area contributed by atoms with Crippen molar-refractivity contribution in [2.75, 3.05) is 0 Å². The third kappa shape index (κ3) is 0.946. The van der Waals surface area contributed by atoms with Crippen molar-refractivity contribution in [3.05, 3.63) is 0 Å². The van der Waals surface area contributed by atoms with Gasteiger partial charge in [0.05, 0.1) is 6.42 Å². The molecule has 4 unspecified atom stereocenters. The average Bonchev–Trinajstić information content (AvgIpc) is 2.62. The van der Waals surface area contributed by atoms with Gasteiger partial charge in [0.25, 0.3) is 0 Å². The molecule has 3 fully saturated rings. The van der Waals surface area contributed by atoms with E-state index in [0.29, 0.717) is 24.2 Å². The van der Waals surface area contributed by atoms with Gasteiger partial charge in [0.2, 0.25) is 0 Å². The van der Waals surface area contributed by atoms with Crippen LogP contribution in [0.2, 0.25) is 0 Å². The summed E-state index contributed by atoms with van der Waals surface area (Å²) in [6.45, 7) is 0. The highest BCUT2D eigenvalue weighted by molar-refractivity contribution is 6.03. The first-order chi connectivity index (χ1) is 6.25. The molecule has 0 aromatic carbocycles. The van der Waals surface area contributed by atoms with Crippen LogP contribution in [0.25, 0.3) is 0 Å². The van der Waals surface area contributed by atoms with Gasteiger partial charge >= 0.3 is 0 Å². The first-order valence-corrected chi connectivity index (χ1v) is 5.30. The molecule has 0 saturated heterocycles. The maximum atomic E-state index is 11.7. The Labute approximate surface area is 77.7 Å². The summed E-state index contributed by atoms with van der Waals surface area (Å²) in [6.07, 6.45) is 4.69. The fourth-order valence-electron chi connectivity index (χ4n) is 3.85. The van der Waals surface area contributed by atoms with E-state index in [2.05, 4.69) is 0 Å². The quantitative estimate of drug-likeness (QED) is 0.528. The second-order valence-electron chi connectivity index (χ2n) is 4.91. The Balaban J connectivity index is 1.93. The number of ketones is 2. The molecule has 3 aliphatic carbocycles. The molecule has 2 heteroatoms. The van der Waals surface area contributed by atoms with Crippen molar-refractivity contribution in [3.63, 3.8) is 0 Å². The highest BCUT2D eigenvalue weighted by atomic mass is 16.1. The van der Waals surface area contributed by atoms with E-state index >= 15 is 0 Å². The fourth-order valence-corrected chi connectivity index (χ4v) is 3.85. The Morgan fingerprint density at radius 2 is 1.85 bits per heavy atom. The predicted octanol–water partition coefficient (Wildman–Crippen LogP) is 1.58. The maximum Gasteiger partial charge on any atom is 0.143 e. The maximum absolute atomic E-state index is 11.7. The zero-order valence-electron chi connectivity index (χ0n) is 7.66. The summed E-state index contributed by atoms with van der Waals surface area (Å²) in [4.78, 5) is 22.9.